The number of carbonyl (C=O) groups is 2. The van der Waals surface area contributed by atoms with Crippen molar-refractivity contribution in [2.75, 3.05) is 0 Å². The first-order valence-corrected chi connectivity index (χ1v) is 5.37. The number of carbonyl (C=O) groups excluding carboxylic acids is 2. The summed E-state index contributed by atoms with van der Waals surface area (Å²) in [5, 5.41) is 0. The van der Waals surface area contributed by atoms with E-state index in [1.165, 1.54) is 6.26 Å². The molecule has 1 aromatic heterocycles. The highest BCUT2D eigenvalue weighted by Crippen LogP contribution is 2.28. The number of hydrogen-bond acceptors (Lipinski definition) is 4. The first-order chi connectivity index (χ1) is 8.75. The van der Waals surface area contributed by atoms with Gasteiger partial charge in [0.05, 0.1) is 17.4 Å². The smallest absolute Gasteiger partial charge is 0.346 e. The Labute approximate surface area is 102 Å². The van der Waals surface area contributed by atoms with Crippen molar-refractivity contribution < 1.29 is 18.7 Å². The minimum Gasteiger partial charge on any atom is -0.465 e. The fourth-order valence-corrected chi connectivity index (χ4v) is 1.85. The summed E-state index contributed by atoms with van der Waals surface area (Å²) in [5.41, 5.74) is 1.27. The molecule has 2 aromatic rings. The SMILES string of the molecule is O=C1OC(=O)c2ccccc2C1=Cc1ccco1. The van der Waals surface area contributed by atoms with Crippen LogP contribution >= 0.6 is 0 Å². The normalized spacial score (nSPS) is 16.6. The summed E-state index contributed by atoms with van der Waals surface area (Å²) in [7, 11) is 0. The summed E-state index contributed by atoms with van der Waals surface area (Å²) in [6, 6.07) is 10.3. The number of hydrogen-bond donors (Lipinski definition) is 0. The van der Waals surface area contributed by atoms with E-state index in [1.807, 2.05) is 0 Å². The first kappa shape index (κ1) is 10.5. The lowest BCUT2D eigenvalue weighted by molar-refractivity contribution is -0.131. The maximum Gasteiger partial charge on any atom is 0.346 e. The van der Waals surface area contributed by atoms with E-state index in [0.29, 0.717) is 22.5 Å². The van der Waals surface area contributed by atoms with Gasteiger partial charge in [0.15, 0.2) is 0 Å². The van der Waals surface area contributed by atoms with E-state index in [1.54, 1.807) is 42.5 Å². The molecule has 18 heavy (non-hydrogen) atoms. The molecule has 4 nitrogen and oxygen atoms in total. The van der Waals surface area contributed by atoms with Crippen molar-refractivity contribution in [2.24, 2.45) is 0 Å². The van der Waals surface area contributed by atoms with Gasteiger partial charge in [-0.05, 0) is 24.3 Å². The highest BCUT2D eigenvalue weighted by Gasteiger charge is 2.29. The zero-order valence-electron chi connectivity index (χ0n) is 9.25. The van der Waals surface area contributed by atoms with Gasteiger partial charge in [0.1, 0.15) is 5.76 Å². The Balaban J connectivity index is 2.18. The summed E-state index contributed by atoms with van der Waals surface area (Å²) < 4.78 is 9.84. The van der Waals surface area contributed by atoms with Crippen LogP contribution in [0.1, 0.15) is 21.7 Å². The molecule has 1 aliphatic heterocycles. The van der Waals surface area contributed by atoms with Crippen LogP contribution in [-0.2, 0) is 9.53 Å². The Morgan fingerprint density at radius 3 is 2.39 bits per heavy atom. The monoisotopic (exact) mass is 240 g/mol. The summed E-state index contributed by atoms with van der Waals surface area (Å²) in [4.78, 5) is 23.3. The third kappa shape index (κ3) is 1.64. The van der Waals surface area contributed by atoms with Crippen LogP contribution < -0.4 is 0 Å². The predicted octanol–water partition coefficient (Wildman–Crippen LogP) is 2.52. The van der Waals surface area contributed by atoms with Crippen LogP contribution in [0.15, 0.2) is 47.1 Å². The lowest BCUT2D eigenvalue weighted by Gasteiger charge is -2.16. The number of cyclic esters (lactones) is 2. The van der Waals surface area contributed by atoms with E-state index in [4.69, 9.17) is 4.42 Å². The van der Waals surface area contributed by atoms with E-state index < -0.39 is 11.9 Å². The molecule has 1 aliphatic rings. The first-order valence-electron chi connectivity index (χ1n) is 5.37. The molecule has 0 N–H and O–H groups in total. The number of ether oxygens (including phenoxy) is 1. The average molecular weight is 240 g/mol. The molecule has 4 heteroatoms. The Bertz CT molecular complexity index is 650. The lowest BCUT2D eigenvalue weighted by atomic mass is 9.97. The molecular weight excluding hydrogens is 232 g/mol. The molecule has 2 heterocycles. The molecular formula is C14H8O4. The van der Waals surface area contributed by atoms with Gasteiger partial charge in [-0.15, -0.1) is 0 Å². The van der Waals surface area contributed by atoms with Crippen LogP contribution in [0.2, 0.25) is 0 Å². The average Bonchev–Trinajstić information content (AvgIpc) is 2.87. The van der Waals surface area contributed by atoms with E-state index in [9.17, 15) is 9.59 Å². The summed E-state index contributed by atoms with van der Waals surface area (Å²) in [5.74, 6) is -0.742. The number of fused-ring (bicyclic) bond motifs is 1. The number of benzene rings is 1. The molecule has 1 aromatic carbocycles. The van der Waals surface area contributed by atoms with Crippen LogP contribution in [0.25, 0.3) is 11.6 Å². The Morgan fingerprint density at radius 2 is 1.67 bits per heavy atom. The molecule has 88 valence electrons. The largest absolute Gasteiger partial charge is 0.465 e. The molecule has 0 aliphatic carbocycles. The minimum atomic E-state index is -0.657. The second-order valence-electron chi connectivity index (χ2n) is 3.80. The maximum absolute atomic E-state index is 11.7. The maximum atomic E-state index is 11.7. The van der Waals surface area contributed by atoms with E-state index >= 15 is 0 Å². The van der Waals surface area contributed by atoms with Crippen LogP contribution in [-0.4, -0.2) is 11.9 Å². The summed E-state index contributed by atoms with van der Waals surface area (Å²) >= 11 is 0. The van der Waals surface area contributed by atoms with Gasteiger partial charge >= 0.3 is 11.9 Å². The van der Waals surface area contributed by atoms with Crippen molar-refractivity contribution in [3.63, 3.8) is 0 Å². The summed E-state index contributed by atoms with van der Waals surface area (Å²) in [6.45, 7) is 0. The molecule has 0 radical (unpaired) electrons. The Hall–Kier alpha value is -2.62. The number of rotatable bonds is 1. The standard InChI is InChI=1S/C14H8O4/c15-13-11-6-2-1-5-10(11)12(14(16)18-13)8-9-4-3-7-17-9/h1-8H. The molecule has 0 saturated heterocycles. The third-order valence-electron chi connectivity index (χ3n) is 2.67. The molecule has 0 spiro atoms. The van der Waals surface area contributed by atoms with Crippen molar-refractivity contribution >= 4 is 23.6 Å². The highest BCUT2D eigenvalue weighted by molar-refractivity contribution is 6.29. The fourth-order valence-electron chi connectivity index (χ4n) is 1.85. The second kappa shape index (κ2) is 4.00. The minimum absolute atomic E-state index is 0.320. The molecule has 0 amide bonds. The van der Waals surface area contributed by atoms with E-state index in [0.717, 1.165) is 0 Å². The van der Waals surface area contributed by atoms with Crippen molar-refractivity contribution in [2.45, 2.75) is 0 Å². The zero-order valence-corrected chi connectivity index (χ0v) is 9.25. The van der Waals surface area contributed by atoms with Gasteiger partial charge in [-0.1, -0.05) is 18.2 Å². The molecule has 0 atom stereocenters. The van der Waals surface area contributed by atoms with Crippen molar-refractivity contribution in [1.82, 2.24) is 0 Å². The zero-order chi connectivity index (χ0) is 12.5. The molecule has 0 bridgehead atoms. The third-order valence-corrected chi connectivity index (χ3v) is 2.67. The fraction of sp³-hybridized carbons (Fsp3) is 0. The van der Waals surface area contributed by atoms with Gasteiger partial charge in [0.25, 0.3) is 0 Å². The predicted molar refractivity (Wildman–Crippen MR) is 63.4 cm³/mol. The van der Waals surface area contributed by atoms with Crippen LogP contribution in [0.5, 0.6) is 0 Å². The van der Waals surface area contributed by atoms with E-state index in [2.05, 4.69) is 4.74 Å². The van der Waals surface area contributed by atoms with Gasteiger partial charge in [-0.2, -0.15) is 0 Å². The number of esters is 2. The lowest BCUT2D eigenvalue weighted by Crippen LogP contribution is -2.21. The Kier molecular flexibility index (Phi) is 2.34. The second-order valence-corrected chi connectivity index (χ2v) is 3.80. The van der Waals surface area contributed by atoms with Gasteiger partial charge < -0.3 is 9.15 Å². The van der Waals surface area contributed by atoms with Crippen LogP contribution in [0.4, 0.5) is 0 Å². The number of furan rings is 1. The summed E-state index contributed by atoms with van der Waals surface area (Å²) in [6.07, 6.45) is 3.07. The van der Waals surface area contributed by atoms with Crippen molar-refractivity contribution in [3.05, 3.63) is 59.5 Å². The van der Waals surface area contributed by atoms with E-state index in [-0.39, 0.29) is 0 Å². The van der Waals surface area contributed by atoms with Crippen LogP contribution in [0, 0.1) is 0 Å². The molecule has 3 rings (SSSR count). The van der Waals surface area contributed by atoms with Gasteiger partial charge in [0, 0.05) is 5.56 Å². The van der Waals surface area contributed by atoms with Crippen molar-refractivity contribution in [1.29, 1.82) is 0 Å². The molecule has 0 fully saturated rings. The quantitative estimate of drug-likeness (QED) is 0.436. The molecule has 0 saturated carbocycles. The van der Waals surface area contributed by atoms with Gasteiger partial charge in [-0.25, -0.2) is 9.59 Å². The topological polar surface area (TPSA) is 56.5 Å². The van der Waals surface area contributed by atoms with Crippen molar-refractivity contribution in [3.8, 4) is 0 Å². The van der Waals surface area contributed by atoms with Gasteiger partial charge in [-0.3, -0.25) is 0 Å². The highest BCUT2D eigenvalue weighted by atomic mass is 16.6. The molecule has 0 unspecified atom stereocenters. The van der Waals surface area contributed by atoms with Gasteiger partial charge in [0.2, 0.25) is 0 Å². The van der Waals surface area contributed by atoms with Crippen LogP contribution in [0.3, 0.4) is 0 Å². The Morgan fingerprint density at radius 1 is 0.889 bits per heavy atom.